The van der Waals surface area contributed by atoms with E-state index in [1.54, 1.807) is 24.3 Å². The van der Waals surface area contributed by atoms with Crippen LogP contribution in [0.1, 0.15) is 24.8 Å². The maximum atomic E-state index is 12.4. The van der Waals surface area contributed by atoms with Gasteiger partial charge in [-0.25, -0.2) is 9.59 Å². The number of para-hydroxylation sites is 1. The minimum atomic E-state index is -0.787. The lowest BCUT2D eigenvalue weighted by Crippen LogP contribution is -2.43. The summed E-state index contributed by atoms with van der Waals surface area (Å²) in [6, 6.07) is 17.3. The van der Waals surface area contributed by atoms with Crippen molar-refractivity contribution in [3.63, 3.8) is 0 Å². The number of alkyl carbamates (subject to hydrolysis) is 1. The van der Waals surface area contributed by atoms with E-state index in [0.29, 0.717) is 25.1 Å². The maximum Gasteiger partial charge on any atom is 0.408 e. The molecule has 0 fully saturated rings. The molecule has 2 rings (SSSR count). The van der Waals surface area contributed by atoms with Gasteiger partial charge in [-0.1, -0.05) is 48.5 Å². The van der Waals surface area contributed by atoms with Gasteiger partial charge >= 0.3 is 12.1 Å². The molecule has 0 bridgehead atoms. The summed E-state index contributed by atoms with van der Waals surface area (Å²) in [5.41, 5.74) is 6.37. The number of hydrogen-bond acceptors (Lipinski definition) is 5. The molecule has 0 aliphatic rings. The number of ether oxygens (including phenoxy) is 2. The first-order chi connectivity index (χ1) is 12.7. The Bertz CT molecular complexity index is 677. The van der Waals surface area contributed by atoms with Crippen LogP contribution in [0.15, 0.2) is 60.7 Å². The van der Waals surface area contributed by atoms with Crippen LogP contribution in [0.2, 0.25) is 0 Å². The molecule has 0 aromatic heterocycles. The highest BCUT2D eigenvalue weighted by molar-refractivity contribution is 5.82. The van der Waals surface area contributed by atoms with Crippen molar-refractivity contribution in [2.45, 2.75) is 31.9 Å². The number of benzene rings is 2. The zero-order valence-electron chi connectivity index (χ0n) is 14.6. The van der Waals surface area contributed by atoms with Gasteiger partial charge in [0.05, 0.1) is 0 Å². The van der Waals surface area contributed by atoms with E-state index in [9.17, 15) is 9.59 Å². The average molecular weight is 356 g/mol. The zero-order valence-corrected chi connectivity index (χ0v) is 14.6. The van der Waals surface area contributed by atoms with Gasteiger partial charge in [0.25, 0.3) is 0 Å². The van der Waals surface area contributed by atoms with Crippen molar-refractivity contribution in [2.75, 3.05) is 6.54 Å². The molecule has 6 heteroatoms. The third-order valence-corrected chi connectivity index (χ3v) is 3.70. The number of rotatable bonds is 9. The van der Waals surface area contributed by atoms with Gasteiger partial charge in [-0.05, 0) is 43.5 Å². The molecule has 0 radical (unpaired) electrons. The van der Waals surface area contributed by atoms with Crippen molar-refractivity contribution >= 4 is 12.1 Å². The van der Waals surface area contributed by atoms with Gasteiger partial charge in [0.2, 0.25) is 0 Å². The molecule has 0 saturated carbocycles. The molecule has 0 spiro atoms. The Labute approximate surface area is 153 Å². The van der Waals surface area contributed by atoms with E-state index in [0.717, 1.165) is 12.0 Å². The number of nitrogens with two attached hydrogens (primary N) is 1. The summed E-state index contributed by atoms with van der Waals surface area (Å²) in [6.45, 7) is 0.662. The highest BCUT2D eigenvalue weighted by Gasteiger charge is 2.23. The molecule has 2 aromatic carbocycles. The second-order valence-electron chi connectivity index (χ2n) is 5.78. The molecular weight excluding hydrogens is 332 g/mol. The van der Waals surface area contributed by atoms with Crippen molar-refractivity contribution in [2.24, 2.45) is 5.73 Å². The molecule has 1 amide bonds. The van der Waals surface area contributed by atoms with Crippen LogP contribution < -0.4 is 15.8 Å². The Morgan fingerprint density at radius 2 is 1.62 bits per heavy atom. The lowest BCUT2D eigenvalue weighted by molar-refractivity contribution is -0.136. The van der Waals surface area contributed by atoms with Crippen molar-refractivity contribution < 1.29 is 19.1 Å². The van der Waals surface area contributed by atoms with Crippen LogP contribution in [0.4, 0.5) is 4.79 Å². The highest BCUT2D eigenvalue weighted by Crippen LogP contribution is 2.12. The van der Waals surface area contributed by atoms with Gasteiger partial charge in [0.1, 0.15) is 18.4 Å². The molecule has 0 aliphatic heterocycles. The molecule has 0 heterocycles. The first-order valence-electron chi connectivity index (χ1n) is 8.63. The van der Waals surface area contributed by atoms with Crippen molar-refractivity contribution in [1.29, 1.82) is 0 Å². The lowest BCUT2D eigenvalue weighted by Gasteiger charge is -2.17. The molecule has 0 saturated heterocycles. The molecule has 138 valence electrons. The predicted octanol–water partition coefficient (Wildman–Crippen LogP) is 3.02. The van der Waals surface area contributed by atoms with E-state index in [1.165, 1.54) is 0 Å². The topological polar surface area (TPSA) is 90.6 Å². The Balaban J connectivity index is 1.90. The quantitative estimate of drug-likeness (QED) is 0.409. The Morgan fingerprint density at radius 1 is 0.962 bits per heavy atom. The third-order valence-electron chi connectivity index (χ3n) is 3.70. The molecule has 0 aliphatic carbocycles. The molecule has 2 aromatic rings. The second-order valence-corrected chi connectivity index (χ2v) is 5.78. The minimum absolute atomic E-state index is 0.135. The number of hydrogen-bond donors (Lipinski definition) is 2. The van der Waals surface area contributed by atoms with Crippen LogP contribution >= 0.6 is 0 Å². The summed E-state index contributed by atoms with van der Waals surface area (Å²) in [7, 11) is 0. The summed E-state index contributed by atoms with van der Waals surface area (Å²) < 4.78 is 10.5. The number of carbonyl (C=O) groups is 2. The van der Waals surface area contributed by atoms with Crippen LogP contribution in [-0.2, 0) is 16.1 Å². The van der Waals surface area contributed by atoms with Crippen LogP contribution in [-0.4, -0.2) is 24.6 Å². The van der Waals surface area contributed by atoms with Crippen molar-refractivity contribution in [3.8, 4) is 5.75 Å². The summed E-state index contributed by atoms with van der Waals surface area (Å²) >= 11 is 0. The van der Waals surface area contributed by atoms with Crippen LogP contribution in [0.3, 0.4) is 0 Å². The largest absolute Gasteiger partial charge is 0.445 e. The SMILES string of the molecule is NCCCC[C@H](NC(=O)OCc1ccccc1)C(=O)Oc1ccccc1. The number of amides is 1. The first-order valence-corrected chi connectivity index (χ1v) is 8.63. The van der Waals surface area contributed by atoms with Crippen LogP contribution in [0.5, 0.6) is 5.75 Å². The van der Waals surface area contributed by atoms with Gasteiger partial charge in [0, 0.05) is 0 Å². The molecule has 1 atom stereocenters. The van der Waals surface area contributed by atoms with Gasteiger partial charge in [-0.15, -0.1) is 0 Å². The number of carbonyl (C=O) groups excluding carboxylic acids is 2. The smallest absolute Gasteiger partial charge is 0.408 e. The van der Waals surface area contributed by atoms with Crippen LogP contribution in [0.25, 0.3) is 0 Å². The van der Waals surface area contributed by atoms with Gasteiger partial charge < -0.3 is 20.5 Å². The van der Waals surface area contributed by atoms with E-state index >= 15 is 0 Å². The second kappa shape index (κ2) is 10.9. The fraction of sp³-hybridized carbons (Fsp3) is 0.300. The van der Waals surface area contributed by atoms with E-state index in [1.807, 2.05) is 36.4 Å². The van der Waals surface area contributed by atoms with E-state index in [2.05, 4.69) is 5.32 Å². The summed E-state index contributed by atoms with van der Waals surface area (Å²) in [5, 5.41) is 2.59. The standard InChI is InChI=1S/C20H24N2O4/c21-14-8-7-13-18(19(23)26-17-11-5-2-6-12-17)22-20(24)25-15-16-9-3-1-4-10-16/h1-6,9-12,18H,7-8,13-15,21H2,(H,22,24)/t18-/m0/s1. The molecule has 0 unspecified atom stereocenters. The van der Waals surface area contributed by atoms with Gasteiger partial charge in [-0.3, -0.25) is 0 Å². The normalized spacial score (nSPS) is 11.4. The molecule has 6 nitrogen and oxygen atoms in total. The zero-order chi connectivity index (χ0) is 18.6. The van der Waals surface area contributed by atoms with Crippen molar-refractivity contribution in [3.05, 3.63) is 66.2 Å². The average Bonchev–Trinajstić information content (AvgIpc) is 2.67. The van der Waals surface area contributed by atoms with Gasteiger partial charge in [-0.2, -0.15) is 0 Å². The Hall–Kier alpha value is -2.86. The fourth-order valence-electron chi connectivity index (χ4n) is 2.32. The monoisotopic (exact) mass is 356 g/mol. The van der Waals surface area contributed by atoms with Crippen LogP contribution in [0, 0.1) is 0 Å². The number of unbranched alkanes of at least 4 members (excludes halogenated alkanes) is 1. The third kappa shape index (κ3) is 6.94. The Kier molecular flexibility index (Phi) is 8.15. The summed E-state index contributed by atoms with van der Waals surface area (Å²) in [4.78, 5) is 24.4. The highest BCUT2D eigenvalue weighted by atomic mass is 16.6. The lowest BCUT2D eigenvalue weighted by atomic mass is 10.1. The number of esters is 1. The fourth-order valence-corrected chi connectivity index (χ4v) is 2.32. The summed E-state index contributed by atoms with van der Waals surface area (Å²) in [6.07, 6.45) is 1.24. The van der Waals surface area contributed by atoms with E-state index in [4.69, 9.17) is 15.2 Å². The van der Waals surface area contributed by atoms with Gasteiger partial charge in [0.15, 0.2) is 0 Å². The van der Waals surface area contributed by atoms with E-state index < -0.39 is 18.1 Å². The molecule has 3 N–H and O–H groups in total. The number of nitrogens with one attached hydrogen (secondary N) is 1. The predicted molar refractivity (Wildman–Crippen MR) is 98.5 cm³/mol. The summed E-state index contributed by atoms with van der Waals surface area (Å²) in [5.74, 6) is -0.0920. The molecule has 26 heavy (non-hydrogen) atoms. The minimum Gasteiger partial charge on any atom is -0.445 e. The maximum absolute atomic E-state index is 12.4. The Morgan fingerprint density at radius 3 is 2.27 bits per heavy atom. The molecular formula is C20H24N2O4. The van der Waals surface area contributed by atoms with E-state index in [-0.39, 0.29) is 6.61 Å². The first kappa shape index (κ1) is 19.5. The van der Waals surface area contributed by atoms with Crippen molar-refractivity contribution in [1.82, 2.24) is 5.32 Å².